The van der Waals surface area contributed by atoms with Gasteiger partial charge in [-0.25, -0.2) is 0 Å². The summed E-state index contributed by atoms with van der Waals surface area (Å²) in [5.41, 5.74) is 0. The summed E-state index contributed by atoms with van der Waals surface area (Å²) in [6, 6.07) is 0. The van der Waals surface area contributed by atoms with Crippen LogP contribution < -0.4 is 0 Å². The smallest absolute Gasteiger partial charge is 0.0982 e. The van der Waals surface area contributed by atoms with Crippen molar-refractivity contribution in [3.63, 3.8) is 0 Å². The number of hydrogen-bond acceptors (Lipinski definition) is 1. The molecule has 0 saturated carbocycles. The highest BCUT2D eigenvalue weighted by atomic mass is 35.5. The van der Waals surface area contributed by atoms with E-state index in [1.54, 1.807) is 0 Å². The lowest BCUT2D eigenvalue weighted by Crippen LogP contribution is -2.17. The number of halogens is 4. The number of rotatable bonds is 0. The maximum absolute atomic E-state index is 5.74. The van der Waals surface area contributed by atoms with Crippen molar-refractivity contribution in [1.82, 2.24) is 0 Å². The second kappa shape index (κ2) is 3.27. The van der Waals surface area contributed by atoms with Gasteiger partial charge in [-0.1, -0.05) is 0 Å². The molecule has 0 amide bonds. The van der Waals surface area contributed by atoms with Gasteiger partial charge in [0.25, 0.3) is 0 Å². The molecular formula is C4H4Cl4S. The molecule has 0 aromatic heterocycles. The van der Waals surface area contributed by atoms with Gasteiger partial charge >= 0.3 is 0 Å². The summed E-state index contributed by atoms with van der Waals surface area (Å²) in [7, 11) is 0. The fourth-order valence-electron chi connectivity index (χ4n) is 0.563. The molecule has 54 valence electrons. The molecule has 0 N–H and O–H groups in total. The molecule has 0 spiro atoms. The first-order valence-corrected chi connectivity index (χ1v) is 5.03. The lowest BCUT2D eigenvalue weighted by molar-refractivity contribution is 0.912. The minimum Gasteiger partial charge on any atom is -0.119 e. The molecule has 4 atom stereocenters. The summed E-state index contributed by atoms with van der Waals surface area (Å²) in [5.74, 6) is 0. The van der Waals surface area contributed by atoms with Crippen molar-refractivity contribution in [2.24, 2.45) is 0 Å². The average Bonchev–Trinajstić information content (AvgIpc) is 1.98. The number of hydrogen-bond donors (Lipinski definition) is 0. The minimum absolute atomic E-state index is 0.142. The van der Waals surface area contributed by atoms with Crippen molar-refractivity contribution in [1.29, 1.82) is 0 Å². The van der Waals surface area contributed by atoms with Crippen LogP contribution in [0.25, 0.3) is 0 Å². The number of thioether (sulfide) groups is 1. The first-order chi connectivity index (χ1) is 4.13. The van der Waals surface area contributed by atoms with Gasteiger partial charge in [0.2, 0.25) is 0 Å². The van der Waals surface area contributed by atoms with Crippen molar-refractivity contribution in [2.75, 3.05) is 0 Å². The van der Waals surface area contributed by atoms with Crippen LogP contribution in [0.4, 0.5) is 0 Å². The monoisotopic (exact) mass is 224 g/mol. The van der Waals surface area contributed by atoms with Crippen LogP contribution in [0.5, 0.6) is 0 Å². The Labute approximate surface area is 78.2 Å². The van der Waals surface area contributed by atoms with E-state index in [9.17, 15) is 0 Å². The third kappa shape index (κ3) is 1.75. The molecule has 4 unspecified atom stereocenters. The molecule has 0 bridgehead atoms. The lowest BCUT2D eigenvalue weighted by Gasteiger charge is -2.05. The highest BCUT2D eigenvalue weighted by Gasteiger charge is 2.39. The normalized spacial score (nSPS) is 52.0. The first kappa shape index (κ1) is 8.61. The largest absolute Gasteiger partial charge is 0.119 e. The predicted octanol–water partition coefficient (Wildman–Crippen LogP) is 3.08. The maximum Gasteiger partial charge on any atom is 0.0982 e. The van der Waals surface area contributed by atoms with Crippen molar-refractivity contribution < 1.29 is 0 Å². The quantitative estimate of drug-likeness (QED) is 0.572. The molecule has 1 aliphatic rings. The maximum atomic E-state index is 5.74. The van der Waals surface area contributed by atoms with Crippen LogP contribution in [0, 0.1) is 0 Å². The van der Waals surface area contributed by atoms with Gasteiger partial charge in [-0.05, 0) is 0 Å². The Morgan fingerprint density at radius 1 is 0.778 bits per heavy atom. The van der Waals surface area contributed by atoms with E-state index in [0.29, 0.717) is 0 Å². The van der Waals surface area contributed by atoms with Crippen LogP contribution in [0.15, 0.2) is 0 Å². The molecule has 1 fully saturated rings. The Bertz CT molecular complexity index is 96.7. The van der Waals surface area contributed by atoms with Crippen LogP contribution >= 0.6 is 58.2 Å². The van der Waals surface area contributed by atoms with Crippen molar-refractivity contribution in [2.45, 2.75) is 20.2 Å². The molecule has 1 heterocycles. The fourth-order valence-corrected chi connectivity index (χ4v) is 3.56. The summed E-state index contributed by atoms with van der Waals surface area (Å²) < 4.78 is -0.284. The molecule has 0 aromatic carbocycles. The Hall–Kier alpha value is 1.51. The van der Waals surface area contributed by atoms with Gasteiger partial charge in [0.1, 0.15) is 0 Å². The number of alkyl halides is 4. The van der Waals surface area contributed by atoms with Crippen LogP contribution in [0.2, 0.25) is 0 Å². The Morgan fingerprint density at radius 2 is 1.11 bits per heavy atom. The van der Waals surface area contributed by atoms with Crippen molar-refractivity contribution in [3.8, 4) is 0 Å². The van der Waals surface area contributed by atoms with Gasteiger partial charge in [0, 0.05) is 0 Å². The van der Waals surface area contributed by atoms with E-state index in [-0.39, 0.29) is 20.2 Å². The predicted molar refractivity (Wildman–Crippen MR) is 46.2 cm³/mol. The molecule has 0 nitrogen and oxygen atoms in total. The van der Waals surface area contributed by atoms with E-state index in [0.717, 1.165) is 0 Å². The Morgan fingerprint density at radius 3 is 1.22 bits per heavy atom. The van der Waals surface area contributed by atoms with Gasteiger partial charge in [-0.2, -0.15) is 0 Å². The molecule has 5 heteroatoms. The van der Waals surface area contributed by atoms with Crippen LogP contribution in [-0.2, 0) is 0 Å². The first-order valence-electron chi connectivity index (χ1n) is 2.34. The third-order valence-corrected chi connectivity index (χ3v) is 5.06. The van der Waals surface area contributed by atoms with Gasteiger partial charge < -0.3 is 0 Å². The summed E-state index contributed by atoms with van der Waals surface area (Å²) in [4.78, 5) is 0. The van der Waals surface area contributed by atoms with Gasteiger partial charge in [0.15, 0.2) is 0 Å². The molecule has 0 aliphatic carbocycles. The van der Waals surface area contributed by atoms with Crippen LogP contribution in [0.1, 0.15) is 0 Å². The highest BCUT2D eigenvalue weighted by Crippen LogP contribution is 2.44. The molecule has 9 heavy (non-hydrogen) atoms. The second-order valence-electron chi connectivity index (χ2n) is 1.73. The Balaban J connectivity index is 2.54. The van der Waals surface area contributed by atoms with Gasteiger partial charge in [-0.15, -0.1) is 58.2 Å². The van der Waals surface area contributed by atoms with E-state index in [4.69, 9.17) is 46.4 Å². The van der Waals surface area contributed by atoms with E-state index in [1.165, 1.54) is 11.8 Å². The van der Waals surface area contributed by atoms with E-state index in [2.05, 4.69) is 0 Å². The molecular weight excluding hydrogens is 222 g/mol. The summed E-state index contributed by atoms with van der Waals surface area (Å²) in [5, 5.41) is -0.415. The topological polar surface area (TPSA) is 0 Å². The zero-order valence-corrected chi connectivity index (χ0v) is 8.07. The van der Waals surface area contributed by atoms with Crippen molar-refractivity contribution in [3.05, 3.63) is 0 Å². The fraction of sp³-hybridized carbons (Fsp3) is 1.00. The SMILES string of the molecule is ClC1SC(Cl)C(Cl)C1Cl. The molecule has 1 rings (SSSR count). The van der Waals surface area contributed by atoms with Gasteiger partial charge in [-0.3, -0.25) is 0 Å². The van der Waals surface area contributed by atoms with Crippen LogP contribution in [-0.4, -0.2) is 20.2 Å². The second-order valence-corrected chi connectivity index (χ2v) is 5.48. The zero-order valence-electron chi connectivity index (χ0n) is 4.23. The molecule has 1 aliphatic heterocycles. The average molecular weight is 226 g/mol. The van der Waals surface area contributed by atoms with E-state index in [1.807, 2.05) is 0 Å². The Kier molecular flexibility index (Phi) is 3.13. The summed E-state index contributed by atoms with van der Waals surface area (Å²) >= 11 is 24.3. The molecule has 0 aromatic rings. The third-order valence-electron chi connectivity index (χ3n) is 1.06. The van der Waals surface area contributed by atoms with Gasteiger partial charge in [0.05, 0.1) is 20.2 Å². The standard InChI is InChI=1S/C4H4Cl4S/c5-1-2(6)4(8)9-3(1)7/h1-4H. The van der Waals surface area contributed by atoms with Crippen molar-refractivity contribution >= 4 is 58.2 Å². The summed E-state index contributed by atoms with van der Waals surface area (Å²) in [6.45, 7) is 0. The molecule has 0 radical (unpaired) electrons. The zero-order chi connectivity index (χ0) is 7.02. The van der Waals surface area contributed by atoms with E-state index < -0.39 is 0 Å². The lowest BCUT2D eigenvalue weighted by atomic mass is 10.4. The molecule has 1 saturated heterocycles. The minimum atomic E-state index is -0.208. The highest BCUT2D eigenvalue weighted by molar-refractivity contribution is 8.03. The van der Waals surface area contributed by atoms with Crippen LogP contribution in [0.3, 0.4) is 0 Å². The van der Waals surface area contributed by atoms with E-state index >= 15 is 0 Å². The summed E-state index contributed by atoms with van der Waals surface area (Å²) in [6.07, 6.45) is 0.